The van der Waals surface area contributed by atoms with Gasteiger partial charge in [0.1, 0.15) is 0 Å². The fourth-order valence-electron chi connectivity index (χ4n) is 1.54. The molecule has 0 radical (unpaired) electrons. The van der Waals surface area contributed by atoms with Crippen molar-refractivity contribution in [2.75, 3.05) is 19.8 Å². The predicted octanol–water partition coefficient (Wildman–Crippen LogP) is 0.926. The largest absolute Gasteiger partial charge is 0.337 e. The van der Waals surface area contributed by atoms with Crippen LogP contribution in [0.5, 0.6) is 0 Å². The fourth-order valence-corrected chi connectivity index (χ4v) is 2.09. The van der Waals surface area contributed by atoms with Crippen molar-refractivity contribution in [3.05, 3.63) is 16.6 Å². The molecule has 0 atom stereocenters. The van der Waals surface area contributed by atoms with Crippen LogP contribution in [0.15, 0.2) is 11.6 Å². The van der Waals surface area contributed by atoms with Gasteiger partial charge in [0, 0.05) is 11.6 Å². The van der Waals surface area contributed by atoms with Gasteiger partial charge in [0.2, 0.25) is 0 Å². The van der Waals surface area contributed by atoms with Gasteiger partial charge in [-0.15, -0.1) is 11.3 Å². The Hall–Kier alpha value is -0.940. The number of amides is 1. The lowest BCUT2D eigenvalue weighted by molar-refractivity contribution is 0.0929. The van der Waals surface area contributed by atoms with Crippen LogP contribution >= 0.6 is 11.3 Å². The van der Waals surface area contributed by atoms with E-state index in [1.54, 1.807) is 6.20 Å². The van der Waals surface area contributed by atoms with E-state index in [-0.39, 0.29) is 5.91 Å². The summed E-state index contributed by atoms with van der Waals surface area (Å²) in [7, 11) is 0. The van der Waals surface area contributed by atoms with E-state index in [1.807, 2.05) is 5.38 Å². The minimum Gasteiger partial charge on any atom is -0.337 e. The molecule has 1 aromatic heterocycles. The van der Waals surface area contributed by atoms with Gasteiger partial charge in [-0.1, -0.05) is 0 Å². The van der Waals surface area contributed by atoms with E-state index in [0.717, 1.165) is 13.1 Å². The van der Waals surface area contributed by atoms with Crippen LogP contribution in [0.4, 0.5) is 0 Å². The Morgan fingerprint density at radius 1 is 1.57 bits per heavy atom. The molecule has 1 fully saturated rings. The first-order valence-corrected chi connectivity index (χ1v) is 5.64. The number of hydrogen-bond acceptors (Lipinski definition) is 4. The molecular formula is C9H13N3OS. The zero-order valence-electron chi connectivity index (χ0n) is 7.90. The van der Waals surface area contributed by atoms with E-state index in [2.05, 4.69) is 15.2 Å². The Kier molecular flexibility index (Phi) is 3.10. The van der Waals surface area contributed by atoms with Crippen LogP contribution in [0.2, 0.25) is 0 Å². The number of thiazole rings is 1. The Morgan fingerprint density at radius 3 is 3.00 bits per heavy atom. The van der Waals surface area contributed by atoms with Gasteiger partial charge < -0.3 is 5.32 Å². The number of carbonyl (C=O) groups is 1. The third-order valence-corrected chi connectivity index (χ3v) is 3.06. The zero-order chi connectivity index (χ0) is 9.80. The fraction of sp³-hybridized carbons (Fsp3) is 0.556. The van der Waals surface area contributed by atoms with Crippen LogP contribution in [0.25, 0.3) is 0 Å². The summed E-state index contributed by atoms with van der Waals surface area (Å²) in [5.74, 6) is -0.0631. The Labute approximate surface area is 86.9 Å². The van der Waals surface area contributed by atoms with Crippen molar-refractivity contribution in [2.24, 2.45) is 0 Å². The lowest BCUT2D eigenvalue weighted by atomic mass is 10.4. The van der Waals surface area contributed by atoms with E-state index in [4.69, 9.17) is 0 Å². The van der Waals surface area contributed by atoms with Gasteiger partial charge in [-0.3, -0.25) is 9.69 Å². The summed E-state index contributed by atoms with van der Waals surface area (Å²) in [6, 6.07) is 0. The summed E-state index contributed by atoms with van der Waals surface area (Å²) in [6.07, 6.45) is 4.13. The Morgan fingerprint density at radius 2 is 2.36 bits per heavy atom. The Bertz CT molecular complexity index is 293. The van der Waals surface area contributed by atoms with Gasteiger partial charge in [-0.05, 0) is 25.9 Å². The van der Waals surface area contributed by atoms with Gasteiger partial charge in [0.25, 0.3) is 5.91 Å². The molecule has 76 valence electrons. The van der Waals surface area contributed by atoms with Crippen LogP contribution in [0.3, 0.4) is 0 Å². The molecule has 0 unspecified atom stereocenters. The van der Waals surface area contributed by atoms with Gasteiger partial charge in [-0.25, -0.2) is 4.98 Å². The summed E-state index contributed by atoms with van der Waals surface area (Å²) in [5.41, 5.74) is 0. The highest BCUT2D eigenvalue weighted by Gasteiger charge is 2.13. The first-order valence-electron chi connectivity index (χ1n) is 4.76. The van der Waals surface area contributed by atoms with Gasteiger partial charge in [-0.2, -0.15) is 0 Å². The molecule has 1 amide bonds. The average molecular weight is 211 g/mol. The van der Waals surface area contributed by atoms with Gasteiger partial charge in [0.15, 0.2) is 5.01 Å². The highest BCUT2D eigenvalue weighted by Crippen LogP contribution is 2.06. The highest BCUT2D eigenvalue weighted by atomic mass is 32.1. The number of likely N-dealkylation sites (tertiary alicyclic amines) is 1. The molecule has 2 heterocycles. The first-order chi connectivity index (χ1) is 6.86. The van der Waals surface area contributed by atoms with Crippen molar-refractivity contribution in [2.45, 2.75) is 12.8 Å². The zero-order valence-corrected chi connectivity index (χ0v) is 8.72. The standard InChI is InChI=1S/C9H13N3OS/c13-8(9-10-3-6-14-9)11-7-12-4-1-2-5-12/h3,6H,1-2,4-5,7H2,(H,11,13). The summed E-state index contributed by atoms with van der Waals surface area (Å²) in [4.78, 5) is 17.7. The van der Waals surface area contributed by atoms with Crippen molar-refractivity contribution in [1.29, 1.82) is 0 Å². The summed E-state index contributed by atoms with van der Waals surface area (Å²) in [5, 5.41) is 5.22. The third-order valence-electron chi connectivity index (χ3n) is 2.29. The number of aromatic nitrogens is 1. The maximum Gasteiger partial charge on any atom is 0.281 e. The quantitative estimate of drug-likeness (QED) is 0.809. The van der Waals surface area contributed by atoms with Crippen molar-refractivity contribution >= 4 is 17.2 Å². The van der Waals surface area contributed by atoms with E-state index in [9.17, 15) is 4.79 Å². The van der Waals surface area contributed by atoms with E-state index >= 15 is 0 Å². The molecular weight excluding hydrogens is 198 g/mol. The van der Waals surface area contributed by atoms with Crippen molar-refractivity contribution in [3.63, 3.8) is 0 Å². The first kappa shape index (κ1) is 9.61. The molecule has 1 aromatic rings. The second-order valence-electron chi connectivity index (χ2n) is 3.33. The normalized spacial score (nSPS) is 17.1. The summed E-state index contributed by atoms with van der Waals surface area (Å²) < 4.78 is 0. The lowest BCUT2D eigenvalue weighted by Gasteiger charge is -2.14. The van der Waals surface area contributed by atoms with E-state index < -0.39 is 0 Å². The average Bonchev–Trinajstić information content (AvgIpc) is 2.87. The molecule has 0 saturated carbocycles. The molecule has 1 saturated heterocycles. The molecule has 1 N–H and O–H groups in total. The molecule has 4 nitrogen and oxygen atoms in total. The maximum absolute atomic E-state index is 11.5. The molecule has 0 aliphatic carbocycles. The number of carbonyl (C=O) groups excluding carboxylic acids is 1. The van der Waals surface area contributed by atoms with Crippen molar-refractivity contribution in [1.82, 2.24) is 15.2 Å². The van der Waals surface area contributed by atoms with Crippen LogP contribution in [-0.2, 0) is 0 Å². The third kappa shape index (κ3) is 2.30. The number of hydrogen-bond donors (Lipinski definition) is 1. The molecule has 14 heavy (non-hydrogen) atoms. The summed E-state index contributed by atoms with van der Waals surface area (Å²) >= 11 is 1.37. The van der Waals surface area contributed by atoms with Crippen LogP contribution in [-0.4, -0.2) is 35.5 Å². The molecule has 1 aliphatic heterocycles. The van der Waals surface area contributed by atoms with E-state index in [1.165, 1.54) is 24.2 Å². The van der Waals surface area contributed by atoms with Crippen molar-refractivity contribution in [3.8, 4) is 0 Å². The molecule has 5 heteroatoms. The second-order valence-corrected chi connectivity index (χ2v) is 4.22. The Balaban J connectivity index is 1.78. The predicted molar refractivity (Wildman–Crippen MR) is 55.3 cm³/mol. The monoisotopic (exact) mass is 211 g/mol. The SMILES string of the molecule is O=C(NCN1CCCC1)c1nccs1. The highest BCUT2D eigenvalue weighted by molar-refractivity contribution is 7.11. The van der Waals surface area contributed by atoms with Crippen LogP contribution in [0, 0.1) is 0 Å². The molecule has 0 spiro atoms. The minimum atomic E-state index is -0.0631. The lowest BCUT2D eigenvalue weighted by Crippen LogP contribution is -2.35. The second kappa shape index (κ2) is 4.52. The summed E-state index contributed by atoms with van der Waals surface area (Å²) in [6.45, 7) is 2.84. The molecule has 0 bridgehead atoms. The molecule has 1 aliphatic rings. The number of nitrogens with zero attached hydrogens (tertiary/aromatic N) is 2. The van der Waals surface area contributed by atoms with Gasteiger partial charge >= 0.3 is 0 Å². The maximum atomic E-state index is 11.5. The number of nitrogens with one attached hydrogen (secondary N) is 1. The van der Waals surface area contributed by atoms with Gasteiger partial charge in [0.05, 0.1) is 6.67 Å². The molecule has 2 rings (SSSR count). The van der Waals surface area contributed by atoms with E-state index in [0.29, 0.717) is 11.7 Å². The number of rotatable bonds is 3. The smallest absolute Gasteiger partial charge is 0.281 e. The van der Waals surface area contributed by atoms with Crippen LogP contribution < -0.4 is 5.32 Å². The van der Waals surface area contributed by atoms with Crippen LogP contribution in [0.1, 0.15) is 22.6 Å². The van der Waals surface area contributed by atoms with Crippen molar-refractivity contribution < 1.29 is 4.79 Å². The molecule has 0 aromatic carbocycles. The topological polar surface area (TPSA) is 45.2 Å². The minimum absolute atomic E-state index is 0.0631.